The number of nitro benzene ring substituents is 1. The molecule has 1 aromatic carbocycles. The predicted octanol–water partition coefficient (Wildman–Crippen LogP) is -1.65. The van der Waals surface area contributed by atoms with Crippen LogP contribution in [-0.4, -0.2) is 23.0 Å². The van der Waals surface area contributed by atoms with Crippen LogP contribution < -0.4 is 56.8 Å². The van der Waals surface area contributed by atoms with E-state index in [1.54, 1.807) is 0 Å². The quantitative estimate of drug-likeness (QED) is 0.406. The molecule has 5 nitrogen and oxygen atoms in total. The van der Waals surface area contributed by atoms with E-state index < -0.39 is 34.6 Å². The third kappa shape index (κ3) is 4.07. The van der Waals surface area contributed by atoms with Crippen molar-refractivity contribution in [3.05, 3.63) is 33.9 Å². The van der Waals surface area contributed by atoms with Gasteiger partial charge in [0, 0.05) is 6.07 Å². The minimum atomic E-state index is -5.54. The number of hydrogen-bond donors (Lipinski definition) is 1. The van der Waals surface area contributed by atoms with Gasteiger partial charge in [0.2, 0.25) is 5.69 Å². The van der Waals surface area contributed by atoms with Crippen LogP contribution in [0, 0.1) is 10.1 Å². The molecule has 1 aromatic rings. The number of benzene rings is 1. The minimum Gasteiger partial charge on any atom is -0.478 e. The molecule has 0 heterocycles. The summed E-state index contributed by atoms with van der Waals surface area (Å²) in [5.41, 5.74) is -3.21. The van der Waals surface area contributed by atoms with Crippen molar-refractivity contribution in [2.45, 2.75) is 0 Å². The third-order valence-electron chi connectivity index (χ3n) is 1.83. The maximum absolute atomic E-state index is 12.4. The average Bonchev–Trinajstić information content (AvgIpc) is 2.15. The van der Waals surface area contributed by atoms with Gasteiger partial charge in [-0.05, 0) is 5.46 Å². The van der Waals surface area contributed by atoms with Crippen LogP contribution in [0.5, 0.6) is 0 Å². The van der Waals surface area contributed by atoms with Gasteiger partial charge in [-0.2, -0.15) is 0 Å². The molecular weight excluding hydrogens is 269 g/mol. The molecule has 1 rings (SSSR count). The largest absolute Gasteiger partial charge is 1.00 e. The van der Waals surface area contributed by atoms with Gasteiger partial charge in [0.15, 0.2) is 0 Å². The molecule has 0 bridgehead atoms. The second kappa shape index (κ2) is 5.96. The van der Waals surface area contributed by atoms with Crippen LogP contribution >= 0.6 is 0 Å². The Kier molecular flexibility index (Phi) is 5.81. The molecule has 0 spiro atoms. The fourth-order valence-corrected chi connectivity index (χ4v) is 1.11. The Morgan fingerprint density at radius 3 is 2.24 bits per heavy atom. The Balaban J connectivity index is 0.00000256. The van der Waals surface area contributed by atoms with Crippen molar-refractivity contribution in [2.24, 2.45) is 0 Å². The molecule has 0 fully saturated rings. The van der Waals surface area contributed by atoms with E-state index >= 15 is 0 Å². The summed E-state index contributed by atoms with van der Waals surface area (Å²) in [5.74, 6) is -1.52. The summed E-state index contributed by atoms with van der Waals surface area (Å²) in [7, 11) is 0. The van der Waals surface area contributed by atoms with E-state index in [0.29, 0.717) is 18.2 Å². The zero-order valence-electron chi connectivity index (χ0n) is 8.56. The maximum Gasteiger partial charge on any atom is 1.00 e. The molecule has 0 aliphatic rings. The van der Waals surface area contributed by atoms with Gasteiger partial charge in [-0.25, -0.2) is 4.79 Å². The van der Waals surface area contributed by atoms with E-state index in [0.717, 1.165) is 0 Å². The molecule has 1 N–H and O–H groups in total. The van der Waals surface area contributed by atoms with Gasteiger partial charge in [0.1, 0.15) is 0 Å². The van der Waals surface area contributed by atoms with Crippen LogP contribution in [0.3, 0.4) is 0 Å². The Labute approximate surface area is 136 Å². The van der Waals surface area contributed by atoms with Crippen LogP contribution in [0.2, 0.25) is 0 Å². The number of aromatic carboxylic acids is 1. The van der Waals surface area contributed by atoms with Crippen LogP contribution in [-0.2, 0) is 0 Å². The Morgan fingerprint density at radius 1 is 1.35 bits per heavy atom. The van der Waals surface area contributed by atoms with Gasteiger partial charge >= 0.3 is 64.3 Å². The fourth-order valence-electron chi connectivity index (χ4n) is 1.11. The van der Waals surface area contributed by atoms with Crippen molar-refractivity contribution >= 4 is 24.1 Å². The smallest absolute Gasteiger partial charge is 0.478 e. The predicted molar refractivity (Wildman–Crippen MR) is 48.8 cm³/mol. The number of carboxylic acids is 1. The Morgan fingerprint density at radius 2 is 1.88 bits per heavy atom. The second-order valence-electron chi connectivity index (χ2n) is 2.91. The normalized spacial score (nSPS) is 10.5. The molecule has 0 saturated heterocycles. The van der Waals surface area contributed by atoms with Crippen molar-refractivity contribution in [1.82, 2.24) is 0 Å². The summed E-state index contributed by atoms with van der Waals surface area (Å²) < 4.78 is 37.1. The second-order valence-corrected chi connectivity index (χ2v) is 2.91. The number of carbonyl (C=O) groups is 1. The molecule has 0 aromatic heterocycles. The van der Waals surface area contributed by atoms with E-state index in [9.17, 15) is 27.9 Å². The molecule has 17 heavy (non-hydrogen) atoms. The van der Waals surface area contributed by atoms with Crippen LogP contribution in [0.25, 0.3) is 0 Å². The van der Waals surface area contributed by atoms with Gasteiger partial charge in [0.25, 0.3) is 0 Å². The summed E-state index contributed by atoms with van der Waals surface area (Å²) >= 11 is 0. The van der Waals surface area contributed by atoms with Crippen molar-refractivity contribution in [2.75, 3.05) is 0 Å². The van der Waals surface area contributed by atoms with Gasteiger partial charge in [0.05, 0.1) is 10.5 Å². The summed E-state index contributed by atoms with van der Waals surface area (Å²) in [4.78, 5) is 19.6. The molecular formula is C7H4BF3KNO4. The number of nitro groups is 1. The number of halogens is 3. The average molecular weight is 273 g/mol. The van der Waals surface area contributed by atoms with Crippen LogP contribution in [0.4, 0.5) is 18.6 Å². The van der Waals surface area contributed by atoms with Crippen molar-refractivity contribution in [1.29, 1.82) is 0 Å². The van der Waals surface area contributed by atoms with E-state index in [1.807, 2.05) is 0 Å². The van der Waals surface area contributed by atoms with Gasteiger partial charge in [-0.15, -0.1) is 0 Å². The molecule has 0 amide bonds. The first-order chi connectivity index (χ1) is 7.23. The first-order valence-corrected chi connectivity index (χ1v) is 3.95. The number of carboxylic acid groups (broad SMARTS) is 1. The topological polar surface area (TPSA) is 80.4 Å². The molecule has 0 radical (unpaired) electrons. The number of rotatable bonds is 3. The maximum atomic E-state index is 12.4. The fraction of sp³-hybridized carbons (Fsp3) is 0. The van der Waals surface area contributed by atoms with E-state index in [1.165, 1.54) is 0 Å². The monoisotopic (exact) mass is 273 g/mol. The summed E-state index contributed by atoms with van der Waals surface area (Å²) in [6.45, 7) is -5.54. The van der Waals surface area contributed by atoms with E-state index in [2.05, 4.69) is 0 Å². The zero-order chi connectivity index (χ0) is 12.5. The molecule has 0 saturated carbocycles. The molecule has 0 aliphatic carbocycles. The van der Waals surface area contributed by atoms with Gasteiger partial charge in [-0.1, -0.05) is 12.1 Å². The molecule has 86 valence electrons. The summed E-state index contributed by atoms with van der Waals surface area (Å²) in [6, 6.07) is 1.48. The first-order valence-electron chi connectivity index (χ1n) is 3.95. The molecule has 0 atom stereocenters. The van der Waals surface area contributed by atoms with Crippen molar-refractivity contribution in [3.63, 3.8) is 0 Å². The Hall–Kier alpha value is -0.419. The first kappa shape index (κ1) is 16.6. The van der Waals surface area contributed by atoms with Gasteiger partial charge in [-0.3, -0.25) is 10.1 Å². The summed E-state index contributed by atoms with van der Waals surface area (Å²) in [6.07, 6.45) is 0. The van der Waals surface area contributed by atoms with Gasteiger partial charge < -0.3 is 18.1 Å². The minimum absolute atomic E-state index is 0. The van der Waals surface area contributed by atoms with Crippen molar-refractivity contribution in [3.8, 4) is 0 Å². The number of nitrogens with zero attached hydrogens (tertiary/aromatic N) is 1. The van der Waals surface area contributed by atoms with Crippen molar-refractivity contribution < 1.29 is 79.2 Å². The summed E-state index contributed by atoms with van der Waals surface area (Å²) in [5, 5.41) is 18.9. The van der Waals surface area contributed by atoms with Crippen LogP contribution in [0.15, 0.2) is 18.2 Å². The standard InChI is InChI=1S/C7H4BF3NO4.K/c9-8(10,11)5-2-1-4(7(13)14)3-6(5)12(15)16;/h1-3H,(H,13,14);/q-1;+1. The molecule has 10 heteroatoms. The molecule has 0 aliphatic heterocycles. The van der Waals surface area contributed by atoms with E-state index in [-0.39, 0.29) is 51.4 Å². The Bertz CT molecular complexity index is 465. The van der Waals surface area contributed by atoms with E-state index in [4.69, 9.17) is 5.11 Å². The third-order valence-corrected chi connectivity index (χ3v) is 1.83. The SMILES string of the molecule is O=C(O)c1ccc([B-](F)(F)F)c([N+](=O)[O-])c1.[K+]. The van der Waals surface area contributed by atoms with Crippen LogP contribution in [0.1, 0.15) is 10.4 Å². The number of hydrogen-bond acceptors (Lipinski definition) is 3. The zero-order valence-corrected chi connectivity index (χ0v) is 11.7. The molecule has 0 unspecified atom stereocenters.